The Morgan fingerprint density at radius 2 is 2.41 bits per heavy atom. The minimum atomic E-state index is -0.357. The van der Waals surface area contributed by atoms with E-state index in [0.29, 0.717) is 11.4 Å². The standard InChI is InChI=1S/C10H7N3O3S/c14-9-8(17-10(15)12-9)5-13-2-1-7-6(4-13)3-11-16-7/h1-3,5H,4H2,(H,12,14,15). The third kappa shape index (κ3) is 1.84. The van der Waals surface area contributed by atoms with Crippen LogP contribution < -0.4 is 5.32 Å². The molecule has 86 valence electrons. The van der Waals surface area contributed by atoms with Gasteiger partial charge in [-0.2, -0.15) is 0 Å². The van der Waals surface area contributed by atoms with Gasteiger partial charge in [-0.05, 0) is 11.8 Å². The van der Waals surface area contributed by atoms with Crippen molar-refractivity contribution in [3.05, 3.63) is 34.8 Å². The molecule has 2 aliphatic heterocycles. The molecule has 0 bridgehead atoms. The smallest absolute Gasteiger partial charge is 0.290 e. The molecule has 1 N–H and O–H groups in total. The Kier molecular flexibility index (Phi) is 2.25. The summed E-state index contributed by atoms with van der Waals surface area (Å²) in [7, 11) is 0. The molecule has 0 saturated carbocycles. The van der Waals surface area contributed by atoms with Crippen molar-refractivity contribution in [3.63, 3.8) is 0 Å². The first-order valence-corrected chi connectivity index (χ1v) is 5.66. The zero-order chi connectivity index (χ0) is 11.8. The zero-order valence-corrected chi connectivity index (χ0v) is 9.36. The number of hydrogen-bond donors (Lipinski definition) is 1. The maximum Gasteiger partial charge on any atom is 0.290 e. The molecule has 1 fully saturated rings. The number of carbonyl (C=O) groups is 2. The summed E-state index contributed by atoms with van der Waals surface area (Å²) >= 11 is 0.898. The average Bonchev–Trinajstić information content (AvgIpc) is 2.85. The maximum absolute atomic E-state index is 11.4. The lowest BCUT2D eigenvalue weighted by Crippen LogP contribution is -2.19. The molecule has 1 aromatic heterocycles. The Morgan fingerprint density at radius 1 is 1.53 bits per heavy atom. The molecule has 2 aliphatic rings. The summed E-state index contributed by atoms with van der Waals surface area (Å²) in [5.74, 6) is 0.365. The summed E-state index contributed by atoms with van der Waals surface area (Å²) in [6.45, 7) is 0.570. The second-order valence-electron chi connectivity index (χ2n) is 3.54. The topological polar surface area (TPSA) is 75.4 Å². The van der Waals surface area contributed by atoms with E-state index in [2.05, 4.69) is 10.5 Å². The summed E-state index contributed by atoms with van der Waals surface area (Å²) < 4.78 is 4.99. The Bertz CT molecular complexity index is 561. The second-order valence-corrected chi connectivity index (χ2v) is 4.56. The molecule has 0 radical (unpaired) electrons. The molecule has 0 atom stereocenters. The van der Waals surface area contributed by atoms with Crippen LogP contribution in [0.5, 0.6) is 0 Å². The van der Waals surface area contributed by atoms with E-state index in [-0.39, 0.29) is 11.1 Å². The number of nitrogens with one attached hydrogen (secondary N) is 1. The highest BCUT2D eigenvalue weighted by Gasteiger charge is 2.26. The fraction of sp³-hybridized carbons (Fsp3) is 0.100. The largest absolute Gasteiger partial charge is 0.357 e. The predicted molar refractivity (Wildman–Crippen MR) is 60.3 cm³/mol. The summed E-state index contributed by atoms with van der Waals surface area (Å²) in [4.78, 5) is 24.5. The van der Waals surface area contributed by atoms with Gasteiger partial charge in [-0.15, -0.1) is 0 Å². The number of hydrogen-bond acceptors (Lipinski definition) is 6. The molecule has 17 heavy (non-hydrogen) atoms. The van der Waals surface area contributed by atoms with Gasteiger partial charge in [0.05, 0.1) is 17.6 Å². The highest BCUT2D eigenvalue weighted by atomic mass is 32.2. The van der Waals surface area contributed by atoms with Crippen LogP contribution in [0.4, 0.5) is 4.79 Å². The van der Waals surface area contributed by atoms with Crippen LogP contribution >= 0.6 is 11.8 Å². The second kappa shape index (κ2) is 3.77. The van der Waals surface area contributed by atoms with Crippen LogP contribution in [0.15, 0.2) is 28.0 Å². The van der Waals surface area contributed by atoms with Crippen LogP contribution in [0.25, 0.3) is 6.08 Å². The highest BCUT2D eigenvalue weighted by molar-refractivity contribution is 8.18. The van der Waals surface area contributed by atoms with Crippen molar-refractivity contribution >= 4 is 29.0 Å². The van der Waals surface area contributed by atoms with E-state index >= 15 is 0 Å². The van der Waals surface area contributed by atoms with E-state index in [1.165, 1.54) is 0 Å². The number of nitrogens with zero attached hydrogens (tertiary/aromatic N) is 2. The summed E-state index contributed by atoms with van der Waals surface area (Å²) in [5.41, 5.74) is 0.944. The van der Waals surface area contributed by atoms with Gasteiger partial charge < -0.3 is 9.42 Å². The monoisotopic (exact) mass is 249 g/mol. The maximum atomic E-state index is 11.4. The lowest BCUT2D eigenvalue weighted by molar-refractivity contribution is -0.115. The van der Waals surface area contributed by atoms with Crippen LogP contribution in [0.3, 0.4) is 0 Å². The number of carbonyl (C=O) groups excluding carboxylic acids is 2. The first-order chi connectivity index (χ1) is 8.22. The number of rotatable bonds is 1. The van der Waals surface area contributed by atoms with Crippen molar-refractivity contribution in [2.75, 3.05) is 0 Å². The molecular weight excluding hydrogens is 242 g/mol. The molecule has 0 aromatic carbocycles. The molecule has 0 spiro atoms. The molecule has 6 nitrogen and oxygen atoms in total. The lowest BCUT2D eigenvalue weighted by atomic mass is 10.2. The minimum Gasteiger partial charge on any atom is -0.357 e. The van der Waals surface area contributed by atoms with Gasteiger partial charge >= 0.3 is 0 Å². The van der Waals surface area contributed by atoms with Crippen LogP contribution in [0.1, 0.15) is 11.3 Å². The molecule has 1 saturated heterocycles. The van der Waals surface area contributed by atoms with Gasteiger partial charge in [0.15, 0.2) is 5.76 Å². The normalized spacial score (nSPS) is 20.9. The van der Waals surface area contributed by atoms with E-state index in [4.69, 9.17) is 4.52 Å². The van der Waals surface area contributed by atoms with Crippen molar-refractivity contribution in [2.45, 2.75) is 6.54 Å². The number of aromatic nitrogens is 1. The summed E-state index contributed by atoms with van der Waals surface area (Å²) in [5, 5.41) is 5.55. The average molecular weight is 249 g/mol. The molecule has 0 unspecified atom stereocenters. The molecule has 3 heterocycles. The fourth-order valence-corrected chi connectivity index (χ4v) is 2.26. The fourth-order valence-electron chi connectivity index (χ4n) is 1.59. The predicted octanol–water partition coefficient (Wildman–Crippen LogP) is 1.29. The van der Waals surface area contributed by atoms with Crippen LogP contribution in [0.2, 0.25) is 0 Å². The van der Waals surface area contributed by atoms with Gasteiger partial charge in [-0.3, -0.25) is 14.9 Å². The lowest BCUT2D eigenvalue weighted by Gasteiger charge is -2.18. The third-order valence-electron chi connectivity index (χ3n) is 2.37. The Labute approximate surface area is 100 Å². The minimum absolute atomic E-state index is 0.340. The molecule has 0 aliphatic carbocycles. The van der Waals surface area contributed by atoms with E-state index in [0.717, 1.165) is 23.1 Å². The third-order valence-corrected chi connectivity index (χ3v) is 3.17. The Morgan fingerprint density at radius 3 is 3.18 bits per heavy atom. The molecule has 2 amide bonds. The first kappa shape index (κ1) is 10.2. The number of imide groups is 1. The van der Waals surface area contributed by atoms with E-state index in [1.54, 1.807) is 29.6 Å². The van der Waals surface area contributed by atoms with E-state index < -0.39 is 0 Å². The van der Waals surface area contributed by atoms with Crippen LogP contribution in [-0.4, -0.2) is 21.2 Å². The van der Waals surface area contributed by atoms with Crippen molar-refractivity contribution in [2.24, 2.45) is 0 Å². The van der Waals surface area contributed by atoms with Gasteiger partial charge in [-0.1, -0.05) is 5.16 Å². The SMILES string of the molecule is O=C1NC(=O)C(=CN2C=Cc3oncc3C2)S1. The van der Waals surface area contributed by atoms with Gasteiger partial charge in [0.25, 0.3) is 11.1 Å². The van der Waals surface area contributed by atoms with E-state index in [1.807, 2.05) is 0 Å². The Hall–Kier alpha value is -2.02. The molecule has 7 heteroatoms. The molecule has 3 rings (SSSR count). The van der Waals surface area contributed by atoms with Crippen molar-refractivity contribution in [3.8, 4) is 0 Å². The van der Waals surface area contributed by atoms with Crippen LogP contribution in [-0.2, 0) is 11.3 Å². The molecular formula is C10H7N3O3S. The van der Waals surface area contributed by atoms with Crippen molar-refractivity contribution in [1.29, 1.82) is 0 Å². The first-order valence-electron chi connectivity index (χ1n) is 4.85. The summed E-state index contributed by atoms with van der Waals surface area (Å²) in [6, 6.07) is 0. The highest BCUT2D eigenvalue weighted by Crippen LogP contribution is 2.26. The van der Waals surface area contributed by atoms with Gasteiger partial charge in [0, 0.05) is 24.0 Å². The number of fused-ring (bicyclic) bond motifs is 1. The van der Waals surface area contributed by atoms with Crippen molar-refractivity contribution in [1.82, 2.24) is 15.4 Å². The summed E-state index contributed by atoms with van der Waals surface area (Å²) in [6.07, 6.45) is 6.81. The van der Waals surface area contributed by atoms with Gasteiger partial charge in [0.2, 0.25) is 0 Å². The van der Waals surface area contributed by atoms with Crippen LogP contribution in [0, 0.1) is 0 Å². The van der Waals surface area contributed by atoms with E-state index in [9.17, 15) is 9.59 Å². The van der Waals surface area contributed by atoms with Gasteiger partial charge in [-0.25, -0.2) is 0 Å². The zero-order valence-electron chi connectivity index (χ0n) is 8.54. The Balaban J connectivity index is 1.82. The quantitative estimate of drug-likeness (QED) is 0.756. The number of thioether (sulfide) groups is 1. The van der Waals surface area contributed by atoms with Gasteiger partial charge in [0.1, 0.15) is 0 Å². The molecule has 1 aromatic rings. The number of amides is 2. The van der Waals surface area contributed by atoms with Crippen molar-refractivity contribution < 1.29 is 14.1 Å².